The van der Waals surface area contributed by atoms with E-state index in [9.17, 15) is 0 Å². The zero-order valence-electron chi connectivity index (χ0n) is 14.4. The van der Waals surface area contributed by atoms with E-state index in [1.807, 2.05) is 31.2 Å². The zero-order chi connectivity index (χ0) is 17.4. The fourth-order valence-electron chi connectivity index (χ4n) is 2.37. The fourth-order valence-corrected chi connectivity index (χ4v) is 2.64. The average Bonchev–Trinajstić information content (AvgIpc) is 2.62. The fraction of sp³-hybridized carbons (Fsp3) is 0.316. The lowest BCUT2D eigenvalue weighted by Gasteiger charge is -2.26. The van der Waals surface area contributed by atoms with Gasteiger partial charge in [-0.15, -0.1) is 0 Å². The molecule has 0 saturated carbocycles. The van der Waals surface area contributed by atoms with Crippen LogP contribution in [0.2, 0.25) is 0 Å². The first-order chi connectivity index (χ1) is 11.7. The van der Waals surface area contributed by atoms with Crippen LogP contribution in [0.15, 0.2) is 48.5 Å². The number of nitrogens with zero attached hydrogens (tertiary/aromatic N) is 1. The Bertz CT molecular complexity index is 592. The minimum atomic E-state index is 0.738. The standard InChI is InChI=1S/C19H24N2O2S/c1-4-20-19(24)21(13-15-5-9-17(22-2)10-6-15)14-16-7-11-18(23-3)12-8-16/h5-12H,4,13-14H2,1-3H3,(H,20,24). The topological polar surface area (TPSA) is 33.7 Å². The van der Waals surface area contributed by atoms with Crippen LogP contribution in [0.25, 0.3) is 0 Å². The van der Waals surface area contributed by atoms with Crippen LogP contribution in [-0.4, -0.2) is 30.8 Å². The number of nitrogens with one attached hydrogen (secondary N) is 1. The smallest absolute Gasteiger partial charge is 0.169 e. The summed E-state index contributed by atoms with van der Waals surface area (Å²) >= 11 is 5.54. The Hall–Kier alpha value is -2.27. The van der Waals surface area contributed by atoms with E-state index in [1.54, 1.807) is 14.2 Å². The molecule has 0 spiro atoms. The normalized spacial score (nSPS) is 10.1. The molecule has 2 aromatic rings. The third kappa shape index (κ3) is 5.13. The van der Waals surface area contributed by atoms with Crippen molar-refractivity contribution in [1.29, 1.82) is 0 Å². The number of ether oxygens (including phenoxy) is 2. The maximum atomic E-state index is 5.54. The van der Waals surface area contributed by atoms with E-state index in [1.165, 1.54) is 11.1 Å². The molecule has 0 saturated heterocycles. The molecule has 128 valence electrons. The first-order valence-corrected chi connectivity index (χ1v) is 8.35. The molecule has 0 aliphatic heterocycles. The van der Waals surface area contributed by atoms with Crippen LogP contribution >= 0.6 is 12.2 Å². The van der Waals surface area contributed by atoms with Gasteiger partial charge in [0.15, 0.2) is 5.11 Å². The molecule has 4 nitrogen and oxygen atoms in total. The maximum Gasteiger partial charge on any atom is 0.169 e. The van der Waals surface area contributed by atoms with E-state index in [-0.39, 0.29) is 0 Å². The van der Waals surface area contributed by atoms with Gasteiger partial charge in [0.1, 0.15) is 11.5 Å². The highest BCUT2D eigenvalue weighted by Gasteiger charge is 2.11. The lowest BCUT2D eigenvalue weighted by molar-refractivity contribution is 0.396. The van der Waals surface area contributed by atoms with E-state index in [0.717, 1.165) is 36.2 Å². The van der Waals surface area contributed by atoms with Crippen molar-refractivity contribution in [2.24, 2.45) is 0 Å². The second-order valence-electron chi connectivity index (χ2n) is 5.39. The summed E-state index contributed by atoms with van der Waals surface area (Å²) in [5.74, 6) is 1.71. The van der Waals surface area contributed by atoms with Gasteiger partial charge in [-0.25, -0.2) is 0 Å². The molecule has 0 atom stereocenters. The van der Waals surface area contributed by atoms with Gasteiger partial charge in [-0.1, -0.05) is 24.3 Å². The van der Waals surface area contributed by atoms with Gasteiger partial charge >= 0.3 is 0 Å². The number of benzene rings is 2. The van der Waals surface area contributed by atoms with Crippen molar-refractivity contribution in [2.75, 3.05) is 20.8 Å². The molecule has 0 amide bonds. The van der Waals surface area contributed by atoms with Crippen LogP contribution in [0.1, 0.15) is 18.1 Å². The highest BCUT2D eigenvalue weighted by molar-refractivity contribution is 7.80. The quantitative estimate of drug-likeness (QED) is 0.776. The second-order valence-corrected chi connectivity index (χ2v) is 5.77. The summed E-state index contributed by atoms with van der Waals surface area (Å²) in [5, 5.41) is 3.99. The van der Waals surface area contributed by atoms with Gasteiger partial charge in [-0.2, -0.15) is 0 Å². The monoisotopic (exact) mass is 344 g/mol. The van der Waals surface area contributed by atoms with Gasteiger partial charge in [0.05, 0.1) is 14.2 Å². The summed E-state index contributed by atoms with van der Waals surface area (Å²) in [7, 11) is 3.34. The summed E-state index contributed by atoms with van der Waals surface area (Å²) in [6.45, 7) is 4.33. The minimum absolute atomic E-state index is 0.738. The molecule has 2 aromatic carbocycles. The predicted molar refractivity (Wildman–Crippen MR) is 102 cm³/mol. The molecule has 1 N–H and O–H groups in total. The van der Waals surface area contributed by atoms with E-state index < -0.39 is 0 Å². The van der Waals surface area contributed by atoms with Gasteiger partial charge in [0.25, 0.3) is 0 Å². The minimum Gasteiger partial charge on any atom is -0.497 e. The number of rotatable bonds is 7. The van der Waals surface area contributed by atoms with Crippen molar-refractivity contribution in [3.8, 4) is 11.5 Å². The van der Waals surface area contributed by atoms with Crippen molar-refractivity contribution in [1.82, 2.24) is 10.2 Å². The third-order valence-electron chi connectivity index (χ3n) is 3.68. The molecule has 0 fully saturated rings. The predicted octanol–water partition coefficient (Wildman–Crippen LogP) is 3.60. The average molecular weight is 344 g/mol. The number of methoxy groups -OCH3 is 2. The molecule has 0 heterocycles. The van der Waals surface area contributed by atoms with Crippen LogP contribution in [-0.2, 0) is 13.1 Å². The van der Waals surface area contributed by atoms with Crippen molar-refractivity contribution in [3.63, 3.8) is 0 Å². The van der Waals surface area contributed by atoms with E-state index in [4.69, 9.17) is 21.7 Å². The maximum absolute atomic E-state index is 5.54. The van der Waals surface area contributed by atoms with Crippen molar-refractivity contribution in [3.05, 3.63) is 59.7 Å². The largest absolute Gasteiger partial charge is 0.497 e. The second kappa shape index (κ2) is 9.13. The summed E-state index contributed by atoms with van der Waals surface area (Å²) in [5.41, 5.74) is 2.37. The van der Waals surface area contributed by atoms with Crippen LogP contribution < -0.4 is 14.8 Å². The van der Waals surface area contributed by atoms with Crippen LogP contribution in [0.5, 0.6) is 11.5 Å². The Labute approximate surface area is 149 Å². The number of hydrogen-bond acceptors (Lipinski definition) is 3. The Morgan fingerprint density at radius 1 is 0.875 bits per heavy atom. The molecule has 5 heteroatoms. The summed E-state index contributed by atoms with van der Waals surface area (Å²) in [6.07, 6.45) is 0. The summed E-state index contributed by atoms with van der Waals surface area (Å²) < 4.78 is 10.4. The van der Waals surface area contributed by atoms with Gasteiger partial charge in [-0.05, 0) is 54.5 Å². The molecule has 24 heavy (non-hydrogen) atoms. The molecule has 0 radical (unpaired) electrons. The van der Waals surface area contributed by atoms with Crippen molar-refractivity contribution >= 4 is 17.3 Å². The van der Waals surface area contributed by atoms with E-state index in [0.29, 0.717) is 0 Å². The highest BCUT2D eigenvalue weighted by atomic mass is 32.1. The number of hydrogen-bond donors (Lipinski definition) is 1. The molecule has 0 unspecified atom stereocenters. The SMILES string of the molecule is CCNC(=S)N(Cc1ccc(OC)cc1)Cc1ccc(OC)cc1. The molecular weight excluding hydrogens is 320 g/mol. The molecule has 0 aromatic heterocycles. The molecular formula is C19H24N2O2S. The first-order valence-electron chi connectivity index (χ1n) is 7.95. The highest BCUT2D eigenvalue weighted by Crippen LogP contribution is 2.17. The lowest BCUT2D eigenvalue weighted by atomic mass is 10.1. The molecule has 0 bridgehead atoms. The number of thiocarbonyl (C=S) groups is 1. The van der Waals surface area contributed by atoms with Crippen LogP contribution in [0, 0.1) is 0 Å². The van der Waals surface area contributed by atoms with Gasteiger partial charge in [-0.3, -0.25) is 0 Å². The zero-order valence-corrected chi connectivity index (χ0v) is 15.2. The van der Waals surface area contributed by atoms with E-state index in [2.05, 4.69) is 34.5 Å². The Morgan fingerprint density at radius 2 is 1.29 bits per heavy atom. The molecule has 2 rings (SSSR count). The van der Waals surface area contributed by atoms with Crippen LogP contribution in [0.3, 0.4) is 0 Å². The summed E-state index contributed by atoms with van der Waals surface area (Å²) in [6, 6.07) is 16.1. The molecule has 0 aliphatic rings. The van der Waals surface area contributed by atoms with E-state index >= 15 is 0 Å². The Kier molecular flexibility index (Phi) is 6.88. The Morgan fingerprint density at radius 3 is 1.62 bits per heavy atom. The van der Waals surface area contributed by atoms with Gasteiger partial charge < -0.3 is 19.7 Å². The van der Waals surface area contributed by atoms with Crippen LogP contribution in [0.4, 0.5) is 0 Å². The lowest BCUT2D eigenvalue weighted by Crippen LogP contribution is -2.38. The third-order valence-corrected chi connectivity index (χ3v) is 4.08. The first kappa shape index (κ1) is 18.1. The van der Waals surface area contributed by atoms with Gasteiger partial charge in [0, 0.05) is 19.6 Å². The Balaban J connectivity index is 2.11. The van der Waals surface area contributed by atoms with Gasteiger partial charge in [0.2, 0.25) is 0 Å². The summed E-state index contributed by atoms with van der Waals surface area (Å²) in [4.78, 5) is 2.16. The van der Waals surface area contributed by atoms with Crippen molar-refractivity contribution < 1.29 is 9.47 Å². The molecule has 0 aliphatic carbocycles. The van der Waals surface area contributed by atoms with Crippen molar-refractivity contribution in [2.45, 2.75) is 20.0 Å².